The number of rotatable bonds is 5. The number of carbonyl (C=O) groups is 3. The third-order valence-electron chi connectivity index (χ3n) is 5.61. The van der Waals surface area contributed by atoms with Crippen molar-refractivity contribution in [2.75, 3.05) is 46.9 Å². The van der Waals surface area contributed by atoms with Crippen molar-refractivity contribution >= 4 is 17.8 Å². The van der Waals surface area contributed by atoms with Gasteiger partial charge in [0.2, 0.25) is 0 Å². The maximum atomic E-state index is 13.2. The van der Waals surface area contributed by atoms with Crippen LogP contribution in [0, 0.1) is 5.92 Å². The van der Waals surface area contributed by atoms with E-state index in [1.165, 1.54) is 12.0 Å². The van der Waals surface area contributed by atoms with Crippen LogP contribution in [0.3, 0.4) is 0 Å². The molecule has 3 rings (SSSR count). The number of fused-ring (bicyclic) bond motifs is 2. The largest absolute Gasteiger partial charge is 0.467 e. The predicted molar refractivity (Wildman–Crippen MR) is 99.2 cm³/mol. The zero-order chi connectivity index (χ0) is 20.6. The molecule has 0 unspecified atom stereocenters. The Balaban J connectivity index is 1.79. The molecule has 0 N–H and O–H groups in total. The molecule has 0 aromatic rings. The third kappa shape index (κ3) is 4.01. The van der Waals surface area contributed by atoms with Crippen LogP contribution >= 0.6 is 0 Å². The van der Waals surface area contributed by atoms with Crippen LogP contribution in [0.1, 0.15) is 27.2 Å². The molecule has 158 valence electrons. The second kappa shape index (κ2) is 7.96. The lowest BCUT2D eigenvalue weighted by Gasteiger charge is -2.39. The lowest BCUT2D eigenvalue weighted by Crippen LogP contribution is -2.60. The highest BCUT2D eigenvalue weighted by molar-refractivity contribution is 5.94. The van der Waals surface area contributed by atoms with Crippen LogP contribution in [0.2, 0.25) is 0 Å². The van der Waals surface area contributed by atoms with Crippen LogP contribution in [0.25, 0.3) is 0 Å². The molecule has 9 heteroatoms. The van der Waals surface area contributed by atoms with E-state index in [9.17, 15) is 14.4 Å². The van der Waals surface area contributed by atoms with E-state index < -0.39 is 35.9 Å². The topological polar surface area (TPSA) is 88.6 Å². The van der Waals surface area contributed by atoms with E-state index in [0.29, 0.717) is 19.5 Å². The molecule has 3 fully saturated rings. The van der Waals surface area contributed by atoms with Gasteiger partial charge in [-0.05, 0) is 26.3 Å². The summed E-state index contributed by atoms with van der Waals surface area (Å²) < 4.78 is 16.7. The van der Waals surface area contributed by atoms with Gasteiger partial charge in [0, 0.05) is 26.2 Å². The van der Waals surface area contributed by atoms with Gasteiger partial charge < -0.3 is 28.9 Å². The van der Waals surface area contributed by atoms with Crippen LogP contribution in [0.4, 0.5) is 0 Å². The summed E-state index contributed by atoms with van der Waals surface area (Å²) in [7, 11) is 3.32. The van der Waals surface area contributed by atoms with Gasteiger partial charge in [-0.25, -0.2) is 4.79 Å². The fourth-order valence-corrected chi connectivity index (χ4v) is 4.08. The Morgan fingerprint density at radius 1 is 1.21 bits per heavy atom. The van der Waals surface area contributed by atoms with Crippen LogP contribution < -0.4 is 0 Å². The number of likely N-dealkylation sites (N-methyl/N-ethyl adjacent to an activating group) is 1. The second-order valence-electron chi connectivity index (χ2n) is 8.47. The number of morpholine rings is 1. The number of esters is 1. The molecule has 3 aliphatic heterocycles. The smallest absolute Gasteiger partial charge is 0.328 e. The van der Waals surface area contributed by atoms with Crippen molar-refractivity contribution in [1.82, 2.24) is 14.7 Å². The van der Waals surface area contributed by atoms with Gasteiger partial charge in [0.05, 0.1) is 13.7 Å². The standard InChI is InChI=1S/C19H31N3O6/c1-12(2)10-13(18(25)26-5)22-11-19(3)27-14(15(28-19)17(22)24)16(23)21-8-6-20(4)7-9-21/h12-15H,6-11H2,1-5H3/t13-,14-,15-,19-/m0/s1. The van der Waals surface area contributed by atoms with Crippen molar-refractivity contribution in [2.24, 2.45) is 5.92 Å². The Bertz CT molecular complexity index is 633. The van der Waals surface area contributed by atoms with E-state index in [2.05, 4.69) is 4.90 Å². The summed E-state index contributed by atoms with van der Waals surface area (Å²) in [5.74, 6) is -2.01. The SMILES string of the molecule is COC(=O)[C@H](CC(C)C)N1C[C@@]2(C)O[C@H](C(=O)N3CCN(C)CC3)[C@H](O2)C1=O. The van der Waals surface area contributed by atoms with Gasteiger partial charge >= 0.3 is 5.97 Å². The first kappa shape index (κ1) is 21.0. The Hall–Kier alpha value is -1.71. The third-order valence-corrected chi connectivity index (χ3v) is 5.61. The molecule has 0 aromatic carbocycles. The normalized spacial score (nSPS) is 32.0. The van der Waals surface area contributed by atoms with Crippen molar-refractivity contribution in [3.63, 3.8) is 0 Å². The molecule has 2 amide bonds. The van der Waals surface area contributed by atoms with E-state index in [1.54, 1.807) is 11.8 Å². The number of ether oxygens (including phenoxy) is 3. The first-order chi connectivity index (χ1) is 13.1. The Labute approximate surface area is 165 Å². The molecule has 2 bridgehead atoms. The second-order valence-corrected chi connectivity index (χ2v) is 8.47. The molecule has 0 saturated carbocycles. The quantitative estimate of drug-likeness (QED) is 0.588. The van der Waals surface area contributed by atoms with Crippen molar-refractivity contribution in [2.45, 2.75) is 51.2 Å². The maximum Gasteiger partial charge on any atom is 0.328 e. The van der Waals surface area contributed by atoms with E-state index in [1.807, 2.05) is 20.9 Å². The number of hydrogen-bond donors (Lipinski definition) is 0. The molecule has 0 aliphatic carbocycles. The van der Waals surface area contributed by atoms with Crippen LogP contribution in [0.15, 0.2) is 0 Å². The monoisotopic (exact) mass is 397 g/mol. The summed E-state index contributed by atoms with van der Waals surface area (Å²) in [6.45, 7) is 8.49. The maximum absolute atomic E-state index is 13.2. The number of nitrogens with zero attached hydrogens (tertiary/aromatic N) is 3. The highest BCUT2D eigenvalue weighted by Gasteiger charge is 2.59. The molecule has 3 aliphatic rings. The van der Waals surface area contributed by atoms with Crippen molar-refractivity contribution in [3.05, 3.63) is 0 Å². The lowest BCUT2D eigenvalue weighted by molar-refractivity contribution is -0.208. The predicted octanol–water partition coefficient (Wildman–Crippen LogP) is -0.309. The van der Waals surface area contributed by atoms with E-state index in [0.717, 1.165) is 13.1 Å². The summed E-state index contributed by atoms with van der Waals surface area (Å²) >= 11 is 0. The fourth-order valence-electron chi connectivity index (χ4n) is 4.08. The van der Waals surface area contributed by atoms with Crippen molar-refractivity contribution in [1.29, 1.82) is 0 Å². The van der Waals surface area contributed by atoms with E-state index in [4.69, 9.17) is 14.2 Å². The highest BCUT2D eigenvalue weighted by Crippen LogP contribution is 2.37. The number of methoxy groups -OCH3 is 1. The molecule has 0 radical (unpaired) electrons. The molecule has 28 heavy (non-hydrogen) atoms. The van der Waals surface area contributed by atoms with Gasteiger partial charge in [-0.15, -0.1) is 0 Å². The number of amides is 2. The van der Waals surface area contributed by atoms with Gasteiger partial charge in [-0.1, -0.05) is 13.8 Å². The van der Waals surface area contributed by atoms with Gasteiger partial charge in [0.1, 0.15) is 6.04 Å². The summed E-state index contributed by atoms with van der Waals surface area (Å²) in [4.78, 5) is 43.9. The first-order valence-corrected chi connectivity index (χ1v) is 9.86. The zero-order valence-corrected chi connectivity index (χ0v) is 17.3. The first-order valence-electron chi connectivity index (χ1n) is 9.86. The summed E-state index contributed by atoms with van der Waals surface area (Å²) in [5.41, 5.74) is 0. The Kier molecular flexibility index (Phi) is 5.97. The molecule has 0 aromatic heterocycles. The fraction of sp³-hybridized carbons (Fsp3) is 0.842. The summed E-state index contributed by atoms with van der Waals surface area (Å²) in [5, 5.41) is 0. The Morgan fingerprint density at radius 2 is 1.86 bits per heavy atom. The van der Waals surface area contributed by atoms with Gasteiger partial charge in [0.15, 0.2) is 18.0 Å². The minimum atomic E-state index is -1.12. The van der Waals surface area contributed by atoms with Crippen LogP contribution in [-0.4, -0.2) is 103 Å². The summed E-state index contributed by atoms with van der Waals surface area (Å²) in [6, 6.07) is -0.718. The van der Waals surface area contributed by atoms with E-state index >= 15 is 0 Å². The zero-order valence-electron chi connectivity index (χ0n) is 17.3. The van der Waals surface area contributed by atoms with Gasteiger partial charge in [-0.3, -0.25) is 9.59 Å². The average Bonchev–Trinajstić information content (AvgIpc) is 2.96. The molecular formula is C19H31N3O6. The van der Waals surface area contributed by atoms with Crippen LogP contribution in [0.5, 0.6) is 0 Å². The van der Waals surface area contributed by atoms with Crippen molar-refractivity contribution in [3.8, 4) is 0 Å². The van der Waals surface area contributed by atoms with Crippen molar-refractivity contribution < 1.29 is 28.6 Å². The lowest BCUT2D eigenvalue weighted by atomic mass is 10.00. The molecule has 9 nitrogen and oxygen atoms in total. The number of hydrogen-bond acceptors (Lipinski definition) is 7. The molecule has 4 atom stereocenters. The van der Waals surface area contributed by atoms with E-state index in [-0.39, 0.29) is 18.4 Å². The number of carbonyl (C=O) groups excluding carboxylic acids is 3. The number of piperazine rings is 1. The average molecular weight is 397 g/mol. The van der Waals surface area contributed by atoms with Crippen LogP contribution in [-0.2, 0) is 28.6 Å². The highest BCUT2D eigenvalue weighted by atomic mass is 16.8. The van der Waals surface area contributed by atoms with Gasteiger partial charge in [0.25, 0.3) is 11.8 Å². The molecule has 3 heterocycles. The summed E-state index contributed by atoms with van der Waals surface area (Å²) in [6.07, 6.45) is -1.55. The minimum Gasteiger partial charge on any atom is -0.467 e. The Morgan fingerprint density at radius 3 is 2.43 bits per heavy atom. The molecular weight excluding hydrogens is 366 g/mol. The van der Waals surface area contributed by atoms with Gasteiger partial charge in [-0.2, -0.15) is 0 Å². The minimum absolute atomic E-state index is 0.0847. The molecule has 3 saturated heterocycles. The molecule has 0 spiro atoms.